The molecule has 5 heteroatoms. The summed E-state index contributed by atoms with van der Waals surface area (Å²) >= 11 is 0. The number of nitrogens with one attached hydrogen (secondary N) is 1. The van der Waals surface area contributed by atoms with Gasteiger partial charge >= 0.3 is 6.18 Å². The summed E-state index contributed by atoms with van der Waals surface area (Å²) in [4.78, 5) is 0. The van der Waals surface area contributed by atoms with Crippen molar-refractivity contribution in [1.82, 2.24) is 5.32 Å². The van der Waals surface area contributed by atoms with Crippen LogP contribution in [0.5, 0.6) is 0 Å². The first-order valence-corrected chi connectivity index (χ1v) is 6.77. The molecular formula is C13H25F3N2. The lowest BCUT2D eigenvalue weighted by Crippen LogP contribution is -2.50. The molecule has 1 aliphatic rings. The van der Waals surface area contributed by atoms with Crippen LogP contribution in [0.25, 0.3) is 0 Å². The smallest absolute Gasteiger partial charge is 0.329 e. The van der Waals surface area contributed by atoms with Gasteiger partial charge in [0.1, 0.15) is 0 Å². The van der Waals surface area contributed by atoms with Crippen molar-refractivity contribution in [3.8, 4) is 0 Å². The van der Waals surface area contributed by atoms with Crippen molar-refractivity contribution < 1.29 is 13.2 Å². The molecule has 0 aromatic carbocycles. The Morgan fingerprint density at radius 1 is 1.28 bits per heavy atom. The Hall–Kier alpha value is -0.290. The average Bonchev–Trinajstić information content (AvgIpc) is 3.08. The molecule has 0 saturated heterocycles. The second-order valence-electron chi connectivity index (χ2n) is 5.93. The third kappa shape index (κ3) is 6.05. The third-order valence-electron chi connectivity index (χ3n) is 3.92. The van der Waals surface area contributed by atoms with Gasteiger partial charge in [0, 0.05) is 18.5 Å². The zero-order valence-electron chi connectivity index (χ0n) is 11.3. The Morgan fingerprint density at radius 3 is 2.33 bits per heavy atom. The first-order chi connectivity index (χ1) is 8.26. The quantitative estimate of drug-likeness (QED) is 0.708. The predicted molar refractivity (Wildman–Crippen MR) is 67.3 cm³/mol. The molecule has 2 nitrogen and oxygen atoms in total. The van der Waals surface area contributed by atoms with Crippen molar-refractivity contribution in [3.05, 3.63) is 0 Å². The zero-order chi connectivity index (χ0) is 13.8. The molecule has 3 N–H and O–H groups in total. The second-order valence-corrected chi connectivity index (χ2v) is 5.93. The van der Waals surface area contributed by atoms with E-state index in [1.807, 2.05) is 6.92 Å². The molecule has 1 fully saturated rings. The summed E-state index contributed by atoms with van der Waals surface area (Å²) in [6.45, 7) is 5.34. The number of alkyl halides is 3. The minimum atomic E-state index is -4.06. The second kappa shape index (κ2) is 6.24. The van der Waals surface area contributed by atoms with E-state index in [-0.39, 0.29) is 12.0 Å². The molecule has 2 unspecified atom stereocenters. The normalized spacial score (nSPS) is 21.7. The largest absolute Gasteiger partial charge is 0.389 e. The van der Waals surface area contributed by atoms with E-state index >= 15 is 0 Å². The number of nitrogens with two attached hydrogens (primary N) is 1. The Bertz CT molecular complexity index is 251. The highest BCUT2D eigenvalue weighted by atomic mass is 19.4. The van der Waals surface area contributed by atoms with Gasteiger partial charge in [-0.2, -0.15) is 13.2 Å². The van der Waals surface area contributed by atoms with Gasteiger partial charge in [-0.1, -0.05) is 6.92 Å². The predicted octanol–water partition coefficient (Wildman–Crippen LogP) is 3.07. The highest BCUT2D eigenvalue weighted by Gasteiger charge is 2.31. The van der Waals surface area contributed by atoms with Gasteiger partial charge in [0.15, 0.2) is 0 Å². The fourth-order valence-corrected chi connectivity index (χ4v) is 2.18. The van der Waals surface area contributed by atoms with Crippen molar-refractivity contribution in [1.29, 1.82) is 0 Å². The van der Waals surface area contributed by atoms with E-state index in [1.54, 1.807) is 0 Å². The fourth-order valence-electron chi connectivity index (χ4n) is 2.18. The van der Waals surface area contributed by atoms with Crippen LogP contribution < -0.4 is 11.1 Å². The van der Waals surface area contributed by atoms with Crippen LogP contribution in [-0.4, -0.2) is 24.8 Å². The van der Waals surface area contributed by atoms with Crippen molar-refractivity contribution in [2.24, 2.45) is 17.6 Å². The SMILES string of the molecule is CC(CNC(C)(CN)CCCC(F)(F)F)C1CC1. The molecule has 0 spiro atoms. The summed E-state index contributed by atoms with van der Waals surface area (Å²) in [5.74, 6) is 1.40. The van der Waals surface area contributed by atoms with Crippen LogP contribution in [-0.2, 0) is 0 Å². The van der Waals surface area contributed by atoms with Gasteiger partial charge < -0.3 is 11.1 Å². The minimum Gasteiger partial charge on any atom is -0.329 e. The Morgan fingerprint density at radius 2 is 1.89 bits per heavy atom. The molecule has 1 saturated carbocycles. The van der Waals surface area contributed by atoms with Gasteiger partial charge in [0.2, 0.25) is 0 Å². The van der Waals surface area contributed by atoms with Crippen LogP contribution in [0.15, 0.2) is 0 Å². The third-order valence-corrected chi connectivity index (χ3v) is 3.92. The van der Waals surface area contributed by atoms with E-state index in [2.05, 4.69) is 12.2 Å². The van der Waals surface area contributed by atoms with Gasteiger partial charge in [-0.3, -0.25) is 0 Å². The lowest BCUT2D eigenvalue weighted by atomic mass is 9.93. The maximum absolute atomic E-state index is 12.1. The summed E-state index contributed by atoms with van der Waals surface area (Å²) in [6, 6.07) is 0. The minimum absolute atomic E-state index is 0.141. The van der Waals surface area contributed by atoms with Gasteiger partial charge in [-0.25, -0.2) is 0 Å². The molecule has 0 heterocycles. The summed E-state index contributed by atoms with van der Waals surface area (Å²) in [5, 5.41) is 3.36. The van der Waals surface area contributed by atoms with Crippen LogP contribution in [0.1, 0.15) is 46.0 Å². The van der Waals surface area contributed by atoms with E-state index in [9.17, 15) is 13.2 Å². The molecule has 0 aliphatic heterocycles. The summed E-state index contributed by atoms with van der Waals surface area (Å²) in [6.07, 6.45) is -1.59. The molecule has 1 rings (SSSR count). The van der Waals surface area contributed by atoms with Crippen molar-refractivity contribution in [2.75, 3.05) is 13.1 Å². The highest BCUT2D eigenvalue weighted by molar-refractivity contribution is 4.87. The van der Waals surface area contributed by atoms with Crippen LogP contribution in [0.4, 0.5) is 13.2 Å². The van der Waals surface area contributed by atoms with Crippen LogP contribution in [0.2, 0.25) is 0 Å². The van der Waals surface area contributed by atoms with E-state index in [0.29, 0.717) is 18.9 Å². The molecule has 1 aliphatic carbocycles. The van der Waals surface area contributed by atoms with E-state index in [4.69, 9.17) is 5.73 Å². The molecule has 0 aromatic heterocycles. The van der Waals surface area contributed by atoms with Crippen molar-refractivity contribution >= 4 is 0 Å². The van der Waals surface area contributed by atoms with E-state index in [0.717, 1.165) is 12.5 Å². The molecule has 0 radical (unpaired) electrons. The van der Waals surface area contributed by atoms with Gasteiger partial charge in [-0.05, 0) is 51.0 Å². The molecule has 0 bridgehead atoms. The van der Waals surface area contributed by atoms with Gasteiger partial charge in [0.25, 0.3) is 0 Å². The lowest BCUT2D eigenvalue weighted by molar-refractivity contribution is -0.136. The zero-order valence-corrected chi connectivity index (χ0v) is 11.3. The van der Waals surface area contributed by atoms with Crippen LogP contribution >= 0.6 is 0 Å². The van der Waals surface area contributed by atoms with Crippen molar-refractivity contribution in [2.45, 2.75) is 57.7 Å². The van der Waals surface area contributed by atoms with Gasteiger partial charge in [-0.15, -0.1) is 0 Å². The van der Waals surface area contributed by atoms with E-state index < -0.39 is 12.6 Å². The number of hydrogen-bond donors (Lipinski definition) is 2. The number of hydrogen-bond acceptors (Lipinski definition) is 2. The first kappa shape index (κ1) is 15.8. The molecule has 0 amide bonds. The maximum atomic E-state index is 12.1. The molecule has 108 valence electrons. The summed E-state index contributed by atoms with van der Waals surface area (Å²) < 4.78 is 36.3. The van der Waals surface area contributed by atoms with Crippen molar-refractivity contribution in [3.63, 3.8) is 0 Å². The topological polar surface area (TPSA) is 38.0 Å². The molecule has 0 aromatic rings. The molecule has 18 heavy (non-hydrogen) atoms. The van der Waals surface area contributed by atoms with E-state index in [1.165, 1.54) is 12.8 Å². The Labute approximate surface area is 107 Å². The van der Waals surface area contributed by atoms with Crippen LogP contribution in [0, 0.1) is 11.8 Å². The number of halogens is 3. The first-order valence-electron chi connectivity index (χ1n) is 6.77. The molecule has 2 atom stereocenters. The summed E-state index contributed by atoms with van der Waals surface area (Å²) in [5.41, 5.74) is 5.32. The monoisotopic (exact) mass is 266 g/mol. The Kier molecular flexibility index (Phi) is 5.46. The van der Waals surface area contributed by atoms with Gasteiger partial charge in [0.05, 0.1) is 0 Å². The Balaban J connectivity index is 2.26. The summed E-state index contributed by atoms with van der Waals surface area (Å²) in [7, 11) is 0. The van der Waals surface area contributed by atoms with Crippen LogP contribution in [0.3, 0.4) is 0 Å². The maximum Gasteiger partial charge on any atom is 0.389 e. The molecular weight excluding hydrogens is 241 g/mol. The number of rotatable bonds is 8. The lowest BCUT2D eigenvalue weighted by Gasteiger charge is -2.31. The average molecular weight is 266 g/mol. The standard InChI is InChI=1S/C13H25F3N2/c1-10(11-4-5-11)8-18-12(2,9-17)6-3-7-13(14,15)16/h10-11,18H,3-9,17H2,1-2H3. The highest BCUT2D eigenvalue weighted by Crippen LogP contribution is 2.36. The fraction of sp³-hybridized carbons (Fsp3) is 1.00.